The van der Waals surface area contributed by atoms with Crippen molar-refractivity contribution in [1.29, 1.82) is 0 Å². The topological polar surface area (TPSA) is 83.8 Å². The Morgan fingerprint density at radius 3 is 1.79 bits per heavy atom. The standard InChI is InChI=1S/C12H25O5P.Al.3H/c1-2-3-4-5-6-7-8-9-10-11-12(13)17-18(14,15)16;;;;/h2-11H2,1H3,(H2,14,15,16);;;;. The number of phosphoric acid groups is 1. The molecule has 0 saturated heterocycles. The van der Waals surface area contributed by atoms with E-state index in [-0.39, 0.29) is 23.8 Å². The van der Waals surface area contributed by atoms with Crippen LogP contribution in [0.25, 0.3) is 0 Å². The van der Waals surface area contributed by atoms with Crippen molar-refractivity contribution in [3.63, 3.8) is 0 Å². The zero-order valence-corrected chi connectivity index (χ0v) is 12.0. The fourth-order valence-electron chi connectivity index (χ4n) is 1.76. The van der Waals surface area contributed by atoms with Crippen LogP contribution in [0.1, 0.15) is 71.1 Å². The first-order valence-corrected chi connectivity index (χ1v) is 8.26. The molecule has 0 spiro atoms. The van der Waals surface area contributed by atoms with Crippen LogP contribution in [-0.4, -0.2) is 33.1 Å². The van der Waals surface area contributed by atoms with Gasteiger partial charge in [-0.25, -0.2) is 4.57 Å². The summed E-state index contributed by atoms with van der Waals surface area (Å²) in [4.78, 5) is 27.8. The molecular formula is C12H28AlO5P. The monoisotopic (exact) mass is 310 g/mol. The van der Waals surface area contributed by atoms with E-state index in [9.17, 15) is 9.36 Å². The van der Waals surface area contributed by atoms with Gasteiger partial charge in [-0.2, -0.15) is 0 Å². The summed E-state index contributed by atoms with van der Waals surface area (Å²) in [5, 5.41) is 0. The minimum Gasteiger partial charge on any atom is -0.371 e. The Hall–Kier alpha value is 0.152. The van der Waals surface area contributed by atoms with E-state index in [4.69, 9.17) is 9.79 Å². The van der Waals surface area contributed by atoms with Crippen LogP contribution >= 0.6 is 7.82 Å². The number of hydrogen-bond donors (Lipinski definition) is 2. The fourth-order valence-corrected chi connectivity index (χ4v) is 2.11. The van der Waals surface area contributed by atoms with Crippen LogP contribution in [0.4, 0.5) is 0 Å². The van der Waals surface area contributed by atoms with Crippen molar-refractivity contribution >= 4 is 31.2 Å². The van der Waals surface area contributed by atoms with E-state index in [1.807, 2.05) is 0 Å². The third-order valence-electron chi connectivity index (χ3n) is 2.71. The molecule has 19 heavy (non-hydrogen) atoms. The molecule has 5 nitrogen and oxygen atoms in total. The maximum absolute atomic E-state index is 11.0. The van der Waals surface area contributed by atoms with Crippen LogP contribution < -0.4 is 0 Å². The van der Waals surface area contributed by atoms with Crippen molar-refractivity contribution in [1.82, 2.24) is 0 Å². The molecule has 0 radical (unpaired) electrons. The van der Waals surface area contributed by atoms with Crippen LogP contribution in [0.2, 0.25) is 0 Å². The lowest BCUT2D eigenvalue weighted by Gasteiger charge is -2.05. The second kappa shape index (κ2) is 13.2. The summed E-state index contributed by atoms with van der Waals surface area (Å²) < 4.78 is 14.3. The molecule has 0 atom stereocenters. The fraction of sp³-hybridized carbons (Fsp3) is 0.917. The molecule has 0 aliphatic heterocycles. The van der Waals surface area contributed by atoms with E-state index in [2.05, 4.69) is 11.4 Å². The first kappa shape index (κ1) is 21.5. The van der Waals surface area contributed by atoms with Gasteiger partial charge in [-0.3, -0.25) is 14.6 Å². The Kier molecular flexibility index (Phi) is 14.8. The average molecular weight is 310 g/mol. The van der Waals surface area contributed by atoms with E-state index < -0.39 is 13.8 Å². The number of hydrogen-bond acceptors (Lipinski definition) is 3. The Morgan fingerprint density at radius 2 is 1.37 bits per heavy atom. The van der Waals surface area contributed by atoms with Crippen molar-refractivity contribution in [2.75, 3.05) is 0 Å². The lowest BCUT2D eigenvalue weighted by Crippen LogP contribution is -2.01. The minimum absolute atomic E-state index is 0. The smallest absolute Gasteiger partial charge is 0.371 e. The largest absolute Gasteiger partial charge is 0.526 e. The molecular weight excluding hydrogens is 282 g/mol. The number of phosphoric ester groups is 1. The van der Waals surface area contributed by atoms with Gasteiger partial charge in [0.05, 0.1) is 0 Å². The predicted molar refractivity (Wildman–Crippen MR) is 79.9 cm³/mol. The summed E-state index contributed by atoms with van der Waals surface area (Å²) in [5.74, 6) is -0.814. The number of unbranched alkanes of at least 4 members (excludes halogenated alkanes) is 8. The molecule has 0 saturated carbocycles. The summed E-state index contributed by atoms with van der Waals surface area (Å²) in [6, 6.07) is 0. The maximum atomic E-state index is 11.0. The molecule has 0 rings (SSSR count). The highest BCUT2D eigenvalue weighted by Gasteiger charge is 2.19. The Balaban J connectivity index is 0. The molecule has 0 aromatic heterocycles. The molecule has 0 amide bonds. The number of carbonyl (C=O) groups excluding carboxylic acids is 1. The van der Waals surface area contributed by atoms with E-state index in [0.29, 0.717) is 6.42 Å². The molecule has 7 heteroatoms. The second-order valence-corrected chi connectivity index (χ2v) is 5.70. The van der Waals surface area contributed by atoms with Gasteiger partial charge in [-0.05, 0) is 6.42 Å². The van der Waals surface area contributed by atoms with Crippen molar-refractivity contribution < 1.29 is 23.7 Å². The van der Waals surface area contributed by atoms with Gasteiger partial charge in [0, 0.05) is 6.42 Å². The van der Waals surface area contributed by atoms with Gasteiger partial charge >= 0.3 is 13.8 Å². The molecule has 0 bridgehead atoms. The first-order valence-electron chi connectivity index (χ1n) is 6.73. The third kappa shape index (κ3) is 18.2. The third-order valence-corrected chi connectivity index (χ3v) is 3.15. The van der Waals surface area contributed by atoms with Gasteiger partial charge in [0.1, 0.15) is 0 Å². The van der Waals surface area contributed by atoms with Crippen LogP contribution in [-0.2, 0) is 13.9 Å². The molecule has 0 aromatic rings. The molecule has 0 heterocycles. The van der Waals surface area contributed by atoms with Crippen molar-refractivity contribution in [2.24, 2.45) is 0 Å². The van der Waals surface area contributed by atoms with E-state index >= 15 is 0 Å². The van der Waals surface area contributed by atoms with E-state index in [1.54, 1.807) is 0 Å². The quantitative estimate of drug-likeness (QED) is 0.348. The molecule has 2 N–H and O–H groups in total. The number of rotatable bonds is 11. The highest BCUT2D eigenvalue weighted by atomic mass is 31.2. The van der Waals surface area contributed by atoms with E-state index in [0.717, 1.165) is 19.3 Å². The SMILES string of the molecule is CCCCCCCCCCCC(=O)OP(=O)(O)O.[AlH3]. The van der Waals surface area contributed by atoms with E-state index in [1.165, 1.54) is 32.1 Å². The summed E-state index contributed by atoms with van der Waals surface area (Å²) in [7, 11) is -4.65. The molecule has 0 aromatic carbocycles. The summed E-state index contributed by atoms with van der Waals surface area (Å²) >= 11 is 0. The van der Waals surface area contributed by atoms with Crippen molar-refractivity contribution in [3.05, 3.63) is 0 Å². The highest BCUT2D eigenvalue weighted by molar-refractivity contribution is 7.46. The predicted octanol–water partition coefficient (Wildman–Crippen LogP) is 2.36. The zero-order chi connectivity index (χ0) is 13.9. The van der Waals surface area contributed by atoms with Crippen LogP contribution in [0.15, 0.2) is 0 Å². The second-order valence-electron chi connectivity index (χ2n) is 4.53. The van der Waals surface area contributed by atoms with Gasteiger partial charge in [0.25, 0.3) is 0 Å². The van der Waals surface area contributed by atoms with Gasteiger partial charge < -0.3 is 4.52 Å². The van der Waals surface area contributed by atoms with Gasteiger partial charge in [0.2, 0.25) is 0 Å². The Labute approximate surface area is 126 Å². The average Bonchev–Trinajstić information content (AvgIpc) is 2.24. The summed E-state index contributed by atoms with van der Waals surface area (Å²) in [6.45, 7) is 2.19. The van der Waals surface area contributed by atoms with Gasteiger partial charge in [-0.1, -0.05) is 58.3 Å². The highest BCUT2D eigenvalue weighted by Crippen LogP contribution is 2.36. The normalized spacial score (nSPS) is 10.9. The first-order chi connectivity index (χ1) is 8.45. The molecule has 0 unspecified atom stereocenters. The lowest BCUT2D eigenvalue weighted by molar-refractivity contribution is -0.135. The summed E-state index contributed by atoms with van der Waals surface area (Å²) in [5.41, 5.74) is 0. The van der Waals surface area contributed by atoms with Crippen molar-refractivity contribution in [3.8, 4) is 0 Å². The van der Waals surface area contributed by atoms with Crippen LogP contribution in [0, 0.1) is 0 Å². The van der Waals surface area contributed by atoms with Gasteiger partial charge in [-0.15, -0.1) is 0 Å². The Morgan fingerprint density at radius 1 is 0.947 bits per heavy atom. The van der Waals surface area contributed by atoms with Crippen LogP contribution in [0.5, 0.6) is 0 Å². The molecule has 0 fully saturated rings. The minimum atomic E-state index is -4.65. The summed E-state index contributed by atoms with van der Waals surface area (Å²) in [6.07, 6.45) is 10.2. The maximum Gasteiger partial charge on any atom is 0.526 e. The molecule has 0 aliphatic rings. The Bertz CT molecular complexity index is 267. The molecule has 0 aliphatic carbocycles. The lowest BCUT2D eigenvalue weighted by atomic mass is 10.1. The van der Waals surface area contributed by atoms with Crippen molar-refractivity contribution in [2.45, 2.75) is 71.1 Å². The molecule has 114 valence electrons. The zero-order valence-electron chi connectivity index (χ0n) is 11.1. The number of carbonyl (C=O) groups is 1. The van der Waals surface area contributed by atoms with Gasteiger partial charge in [0.15, 0.2) is 17.4 Å². The van der Waals surface area contributed by atoms with Crippen LogP contribution in [0.3, 0.4) is 0 Å².